The van der Waals surface area contributed by atoms with Crippen LogP contribution in [0.15, 0.2) is 23.6 Å². The molecule has 1 aliphatic carbocycles. The minimum Gasteiger partial charge on any atom is -0.323 e. The average Bonchev–Trinajstić information content (AvgIpc) is 3.37. The van der Waals surface area contributed by atoms with Crippen LogP contribution in [-0.4, -0.2) is 39.8 Å². The topological polar surface area (TPSA) is 91.4 Å². The molecule has 0 bridgehead atoms. The first-order valence-corrected chi connectivity index (χ1v) is 10.1. The molecule has 0 unspecified atom stereocenters. The van der Waals surface area contributed by atoms with Crippen LogP contribution >= 0.6 is 11.3 Å². The van der Waals surface area contributed by atoms with Gasteiger partial charge in [0.25, 0.3) is 5.91 Å². The summed E-state index contributed by atoms with van der Waals surface area (Å²) in [6.45, 7) is 5.52. The van der Waals surface area contributed by atoms with Crippen LogP contribution < -0.4 is 10.6 Å². The Balaban J connectivity index is 1.42. The van der Waals surface area contributed by atoms with Crippen LogP contribution in [0.25, 0.3) is 11.3 Å². The summed E-state index contributed by atoms with van der Waals surface area (Å²) in [7, 11) is 0. The Morgan fingerprint density at radius 2 is 2.07 bits per heavy atom. The fraction of sp³-hybridized carbons (Fsp3) is 0.400. The first kappa shape index (κ1) is 18.6. The van der Waals surface area contributed by atoms with Crippen LogP contribution in [-0.2, 0) is 9.59 Å². The standard InChI is InChI=1S/C20H22N4O3S/c1-11-4-5-13(8-12(11)2)15-10-28-18(21-15)22-16(25)9-24-17(26)20(3,14-6-7-14)23-19(24)27/h4-5,8,10,14H,6-7,9H2,1-3H3,(H,23,27)(H,21,22,25)/t20-/m0/s1. The van der Waals surface area contributed by atoms with E-state index in [1.54, 1.807) is 6.92 Å². The van der Waals surface area contributed by atoms with Crippen molar-refractivity contribution in [2.75, 3.05) is 11.9 Å². The average molecular weight is 398 g/mol. The number of rotatable bonds is 5. The summed E-state index contributed by atoms with van der Waals surface area (Å²) >= 11 is 1.31. The summed E-state index contributed by atoms with van der Waals surface area (Å²) in [5.41, 5.74) is 3.26. The molecule has 28 heavy (non-hydrogen) atoms. The van der Waals surface area contributed by atoms with E-state index in [0.717, 1.165) is 29.0 Å². The smallest absolute Gasteiger partial charge is 0.323 e. The third kappa shape index (κ3) is 3.28. The molecule has 4 amide bonds. The number of amides is 4. The van der Waals surface area contributed by atoms with Crippen molar-refractivity contribution >= 4 is 34.3 Å². The number of imide groups is 1. The Kier molecular flexibility index (Phi) is 4.45. The van der Waals surface area contributed by atoms with Crippen molar-refractivity contribution in [3.8, 4) is 11.3 Å². The monoisotopic (exact) mass is 398 g/mol. The maximum atomic E-state index is 12.6. The molecule has 1 aromatic heterocycles. The largest absolute Gasteiger partial charge is 0.325 e. The predicted octanol–water partition coefficient (Wildman–Crippen LogP) is 3.09. The van der Waals surface area contributed by atoms with Crippen molar-refractivity contribution in [2.45, 2.75) is 39.2 Å². The maximum Gasteiger partial charge on any atom is 0.325 e. The molecule has 1 atom stereocenters. The van der Waals surface area contributed by atoms with Crippen molar-refractivity contribution in [1.82, 2.24) is 15.2 Å². The lowest BCUT2D eigenvalue weighted by molar-refractivity contribution is -0.134. The lowest BCUT2D eigenvalue weighted by Gasteiger charge is -2.20. The van der Waals surface area contributed by atoms with E-state index >= 15 is 0 Å². The van der Waals surface area contributed by atoms with Gasteiger partial charge < -0.3 is 10.6 Å². The van der Waals surface area contributed by atoms with Gasteiger partial charge in [-0.1, -0.05) is 12.1 Å². The van der Waals surface area contributed by atoms with Gasteiger partial charge in [0, 0.05) is 10.9 Å². The van der Waals surface area contributed by atoms with E-state index in [0.29, 0.717) is 5.13 Å². The number of nitrogens with zero attached hydrogens (tertiary/aromatic N) is 2. The van der Waals surface area contributed by atoms with Gasteiger partial charge in [0.2, 0.25) is 5.91 Å². The molecule has 0 spiro atoms. The van der Waals surface area contributed by atoms with Gasteiger partial charge in [0.1, 0.15) is 12.1 Å². The van der Waals surface area contributed by atoms with Crippen LogP contribution in [0.1, 0.15) is 30.9 Å². The molecule has 2 aliphatic rings. The van der Waals surface area contributed by atoms with E-state index in [-0.39, 0.29) is 18.4 Å². The van der Waals surface area contributed by atoms with Gasteiger partial charge in [0.15, 0.2) is 5.13 Å². The number of anilines is 1. The molecule has 0 radical (unpaired) electrons. The number of hydrogen-bond acceptors (Lipinski definition) is 5. The number of nitrogens with one attached hydrogen (secondary N) is 2. The second-order valence-corrected chi connectivity index (χ2v) is 8.54. The van der Waals surface area contributed by atoms with Crippen LogP contribution in [0, 0.1) is 19.8 Å². The molecule has 1 saturated heterocycles. The summed E-state index contributed by atoms with van der Waals surface area (Å²) in [6, 6.07) is 5.58. The van der Waals surface area contributed by atoms with Gasteiger partial charge in [-0.05, 0) is 56.7 Å². The minimum absolute atomic E-state index is 0.163. The first-order chi connectivity index (χ1) is 13.3. The highest BCUT2D eigenvalue weighted by molar-refractivity contribution is 7.14. The second kappa shape index (κ2) is 6.70. The number of hydrogen-bond donors (Lipinski definition) is 2. The Morgan fingerprint density at radius 1 is 1.32 bits per heavy atom. The molecular formula is C20H22N4O3S. The lowest BCUT2D eigenvalue weighted by atomic mass is 9.96. The van der Waals surface area contributed by atoms with E-state index in [4.69, 9.17) is 0 Å². The second-order valence-electron chi connectivity index (χ2n) is 7.68. The summed E-state index contributed by atoms with van der Waals surface area (Å²) < 4.78 is 0. The quantitative estimate of drug-likeness (QED) is 0.757. The number of urea groups is 1. The molecule has 2 aromatic rings. The number of benzene rings is 1. The highest BCUT2D eigenvalue weighted by Gasteiger charge is 2.56. The lowest BCUT2D eigenvalue weighted by Crippen LogP contribution is -2.46. The van der Waals surface area contributed by atoms with E-state index < -0.39 is 17.5 Å². The number of carbonyl (C=O) groups is 3. The zero-order valence-corrected chi connectivity index (χ0v) is 16.9. The molecule has 2 N–H and O–H groups in total. The zero-order chi connectivity index (χ0) is 20.1. The fourth-order valence-corrected chi connectivity index (χ4v) is 4.20. The van der Waals surface area contributed by atoms with E-state index in [2.05, 4.69) is 28.6 Å². The SMILES string of the molecule is Cc1ccc(-c2csc(NC(=O)CN3C(=O)N[C@@](C)(C4CC4)C3=O)n2)cc1C. The number of thiazole rings is 1. The Morgan fingerprint density at radius 3 is 2.75 bits per heavy atom. The molecule has 2 heterocycles. The summed E-state index contributed by atoms with van der Waals surface area (Å²) in [5, 5.41) is 7.75. The zero-order valence-electron chi connectivity index (χ0n) is 16.0. The van der Waals surface area contributed by atoms with Gasteiger partial charge in [0.05, 0.1) is 5.69 Å². The van der Waals surface area contributed by atoms with Crippen LogP contribution in [0.5, 0.6) is 0 Å². The van der Waals surface area contributed by atoms with Gasteiger partial charge in [-0.15, -0.1) is 11.3 Å². The maximum absolute atomic E-state index is 12.6. The van der Waals surface area contributed by atoms with Gasteiger partial charge in [-0.25, -0.2) is 9.78 Å². The predicted molar refractivity (Wildman–Crippen MR) is 107 cm³/mol. The van der Waals surface area contributed by atoms with Gasteiger partial charge >= 0.3 is 6.03 Å². The van der Waals surface area contributed by atoms with Crippen molar-refractivity contribution in [3.63, 3.8) is 0 Å². The van der Waals surface area contributed by atoms with Crippen LogP contribution in [0.4, 0.5) is 9.93 Å². The minimum atomic E-state index is -0.880. The van der Waals surface area contributed by atoms with E-state index in [9.17, 15) is 14.4 Å². The first-order valence-electron chi connectivity index (χ1n) is 9.25. The van der Waals surface area contributed by atoms with Crippen molar-refractivity contribution < 1.29 is 14.4 Å². The fourth-order valence-electron chi connectivity index (χ4n) is 3.46. The third-order valence-electron chi connectivity index (χ3n) is 5.55. The molecule has 8 heteroatoms. The molecule has 7 nitrogen and oxygen atoms in total. The van der Waals surface area contributed by atoms with E-state index in [1.165, 1.54) is 22.5 Å². The molecule has 1 aliphatic heterocycles. The van der Waals surface area contributed by atoms with Gasteiger partial charge in [-0.3, -0.25) is 14.5 Å². The Labute approximate surface area is 167 Å². The Hall–Kier alpha value is -2.74. The molecular weight excluding hydrogens is 376 g/mol. The molecule has 2 fully saturated rings. The van der Waals surface area contributed by atoms with Crippen molar-refractivity contribution in [1.29, 1.82) is 0 Å². The third-order valence-corrected chi connectivity index (χ3v) is 6.31. The number of carbonyl (C=O) groups excluding carboxylic acids is 3. The summed E-state index contributed by atoms with van der Waals surface area (Å²) in [6.07, 6.45) is 1.84. The highest BCUT2D eigenvalue weighted by atomic mass is 32.1. The molecule has 1 aromatic carbocycles. The highest BCUT2D eigenvalue weighted by Crippen LogP contribution is 2.42. The van der Waals surface area contributed by atoms with E-state index in [1.807, 2.05) is 24.4 Å². The van der Waals surface area contributed by atoms with Crippen LogP contribution in [0.3, 0.4) is 0 Å². The molecule has 4 rings (SSSR count). The molecule has 146 valence electrons. The number of aromatic nitrogens is 1. The normalized spacial score (nSPS) is 21.8. The summed E-state index contributed by atoms with van der Waals surface area (Å²) in [5.74, 6) is -0.605. The van der Waals surface area contributed by atoms with Crippen molar-refractivity contribution in [3.05, 3.63) is 34.7 Å². The van der Waals surface area contributed by atoms with Crippen LogP contribution in [0.2, 0.25) is 0 Å². The number of aryl methyl sites for hydroxylation is 2. The van der Waals surface area contributed by atoms with Gasteiger partial charge in [-0.2, -0.15) is 0 Å². The Bertz CT molecular complexity index is 982. The van der Waals surface area contributed by atoms with Crippen molar-refractivity contribution in [2.24, 2.45) is 5.92 Å². The summed E-state index contributed by atoms with van der Waals surface area (Å²) in [4.78, 5) is 42.6. The molecule has 1 saturated carbocycles.